The molecule has 1 aliphatic rings. The number of nitrogens with one attached hydrogen (secondary N) is 2. The minimum atomic E-state index is 0.300. The fourth-order valence-electron chi connectivity index (χ4n) is 5.24. The Bertz CT molecular complexity index is 1660. The first-order valence-corrected chi connectivity index (χ1v) is 13.4. The zero-order valence-corrected chi connectivity index (χ0v) is 20.5. The van der Waals surface area contributed by atoms with E-state index >= 15 is 0 Å². The van der Waals surface area contributed by atoms with E-state index in [4.69, 9.17) is 4.74 Å². The van der Waals surface area contributed by atoms with E-state index in [9.17, 15) is 0 Å². The van der Waals surface area contributed by atoms with Crippen LogP contribution in [0.1, 0.15) is 32.1 Å². The molecule has 178 valence electrons. The van der Waals surface area contributed by atoms with Crippen molar-refractivity contribution < 1.29 is 4.74 Å². The van der Waals surface area contributed by atoms with Gasteiger partial charge in [-0.1, -0.05) is 12.5 Å². The molecule has 0 saturated heterocycles. The Kier molecular flexibility index (Phi) is 5.28. The summed E-state index contributed by atoms with van der Waals surface area (Å²) in [4.78, 5) is 12.5. The first kappa shape index (κ1) is 21.3. The fraction of sp³-hybridized carbons (Fsp3) is 0.207. The molecule has 2 N–H and O–H groups in total. The van der Waals surface area contributed by atoms with Gasteiger partial charge in [0.05, 0.1) is 35.2 Å². The number of pyridine rings is 2. The topological polar surface area (TPSA) is 79.5 Å². The van der Waals surface area contributed by atoms with Crippen LogP contribution in [0, 0.1) is 0 Å². The quantitative estimate of drug-likeness (QED) is 0.260. The van der Waals surface area contributed by atoms with Crippen LogP contribution in [0.2, 0.25) is 0 Å². The van der Waals surface area contributed by atoms with Crippen molar-refractivity contribution in [2.75, 3.05) is 0 Å². The van der Waals surface area contributed by atoms with Crippen LogP contribution < -0.4 is 4.74 Å². The SMILES string of the molecule is c1cc(-c2cncc3[nH]c(-c4n[nH]c5ccc(-c6cncc(OC7CCCCC7)c6)cc45)cc23)cs1. The minimum absolute atomic E-state index is 0.300. The zero-order chi connectivity index (χ0) is 23.9. The van der Waals surface area contributed by atoms with Gasteiger partial charge in [0.2, 0.25) is 0 Å². The van der Waals surface area contributed by atoms with Crippen molar-refractivity contribution in [3.8, 4) is 39.4 Å². The molecule has 0 unspecified atom stereocenters. The molecule has 1 fully saturated rings. The molecule has 0 aliphatic heterocycles. The lowest BCUT2D eigenvalue weighted by molar-refractivity contribution is 0.154. The molecule has 1 aliphatic carbocycles. The standard InChI is InChI=1S/C29H25N5OS/c1-2-4-21(5-3-1)35-22-10-20(13-30-14-22)18-6-7-26-24(11-18)29(34-33-26)27-12-23-25(19-8-9-36-17-19)15-31-16-28(23)32-27/h6-17,21,32H,1-5H2,(H,33,34). The van der Waals surface area contributed by atoms with E-state index in [1.807, 2.05) is 24.8 Å². The van der Waals surface area contributed by atoms with Crippen LogP contribution in [-0.2, 0) is 0 Å². The molecule has 1 saturated carbocycles. The maximum atomic E-state index is 6.27. The summed E-state index contributed by atoms with van der Waals surface area (Å²) in [5.74, 6) is 0.844. The predicted molar refractivity (Wildman–Crippen MR) is 145 cm³/mol. The highest BCUT2D eigenvalue weighted by Crippen LogP contribution is 2.36. The highest BCUT2D eigenvalue weighted by atomic mass is 32.1. The van der Waals surface area contributed by atoms with E-state index < -0.39 is 0 Å². The lowest BCUT2D eigenvalue weighted by Gasteiger charge is -2.23. The van der Waals surface area contributed by atoms with Gasteiger partial charge in [0.25, 0.3) is 0 Å². The molecule has 0 amide bonds. The first-order valence-electron chi connectivity index (χ1n) is 12.4. The van der Waals surface area contributed by atoms with Gasteiger partial charge in [0.1, 0.15) is 11.4 Å². The third-order valence-electron chi connectivity index (χ3n) is 7.10. The highest BCUT2D eigenvalue weighted by molar-refractivity contribution is 7.08. The number of aromatic amines is 2. The normalized spacial score (nSPS) is 14.6. The molecular formula is C29H25N5OS. The minimum Gasteiger partial charge on any atom is -0.489 e. The molecule has 6 aromatic rings. The number of benzene rings is 1. The Morgan fingerprint density at radius 2 is 1.72 bits per heavy atom. The number of fused-ring (bicyclic) bond motifs is 2. The highest BCUT2D eigenvalue weighted by Gasteiger charge is 2.17. The van der Waals surface area contributed by atoms with Gasteiger partial charge in [-0.3, -0.25) is 15.1 Å². The molecule has 7 rings (SSSR count). The van der Waals surface area contributed by atoms with E-state index in [1.54, 1.807) is 11.3 Å². The molecular weight excluding hydrogens is 466 g/mol. The molecule has 0 bridgehead atoms. The number of hydrogen-bond acceptors (Lipinski definition) is 5. The van der Waals surface area contributed by atoms with Gasteiger partial charge in [-0.2, -0.15) is 16.4 Å². The summed E-state index contributed by atoms with van der Waals surface area (Å²) in [6, 6.07) is 12.8. The van der Waals surface area contributed by atoms with E-state index in [0.717, 1.165) is 68.5 Å². The number of thiophene rings is 1. The summed E-state index contributed by atoms with van der Waals surface area (Å²) in [7, 11) is 0. The Balaban J connectivity index is 1.26. The second-order valence-corrected chi connectivity index (χ2v) is 10.2. The van der Waals surface area contributed by atoms with Gasteiger partial charge >= 0.3 is 0 Å². The van der Waals surface area contributed by atoms with Gasteiger partial charge < -0.3 is 9.72 Å². The monoisotopic (exact) mass is 491 g/mol. The summed E-state index contributed by atoms with van der Waals surface area (Å²) < 4.78 is 6.27. The van der Waals surface area contributed by atoms with Gasteiger partial charge in [-0.15, -0.1) is 0 Å². The van der Waals surface area contributed by atoms with E-state index in [-0.39, 0.29) is 0 Å². The number of H-pyrrole nitrogens is 2. The number of ether oxygens (including phenoxy) is 1. The molecule has 5 heterocycles. The van der Waals surface area contributed by atoms with Crippen LogP contribution in [0.25, 0.3) is 55.4 Å². The summed E-state index contributed by atoms with van der Waals surface area (Å²) in [6.45, 7) is 0. The van der Waals surface area contributed by atoms with Gasteiger partial charge in [0, 0.05) is 34.3 Å². The molecule has 0 atom stereocenters. The zero-order valence-electron chi connectivity index (χ0n) is 19.7. The number of rotatable bonds is 5. The fourth-order valence-corrected chi connectivity index (χ4v) is 5.90. The third-order valence-corrected chi connectivity index (χ3v) is 7.78. The van der Waals surface area contributed by atoms with E-state index in [2.05, 4.69) is 72.3 Å². The van der Waals surface area contributed by atoms with Crippen molar-refractivity contribution in [2.45, 2.75) is 38.2 Å². The Hall–Kier alpha value is -3.97. The second-order valence-electron chi connectivity index (χ2n) is 9.46. The predicted octanol–water partition coefficient (Wildman–Crippen LogP) is 7.61. The third kappa shape index (κ3) is 3.85. The average molecular weight is 492 g/mol. The average Bonchev–Trinajstić information content (AvgIpc) is 3.68. The lowest BCUT2D eigenvalue weighted by Crippen LogP contribution is -2.19. The van der Waals surface area contributed by atoms with Crippen molar-refractivity contribution in [2.24, 2.45) is 0 Å². The van der Waals surface area contributed by atoms with Crippen molar-refractivity contribution >= 4 is 33.1 Å². The van der Waals surface area contributed by atoms with Crippen molar-refractivity contribution in [3.63, 3.8) is 0 Å². The van der Waals surface area contributed by atoms with Gasteiger partial charge in [0.15, 0.2) is 0 Å². The number of aromatic nitrogens is 5. The summed E-state index contributed by atoms with van der Waals surface area (Å²) in [5.41, 5.74) is 8.27. The first-order chi connectivity index (χ1) is 17.8. The molecule has 7 heteroatoms. The largest absolute Gasteiger partial charge is 0.489 e. The van der Waals surface area contributed by atoms with Gasteiger partial charge in [-0.05, 0) is 77.9 Å². The van der Waals surface area contributed by atoms with Crippen LogP contribution in [0.15, 0.2) is 71.9 Å². The van der Waals surface area contributed by atoms with Crippen LogP contribution >= 0.6 is 11.3 Å². The summed E-state index contributed by atoms with van der Waals surface area (Å²) >= 11 is 1.69. The smallest absolute Gasteiger partial charge is 0.138 e. The molecule has 6 nitrogen and oxygen atoms in total. The van der Waals surface area contributed by atoms with Crippen molar-refractivity contribution in [3.05, 3.63) is 71.9 Å². The van der Waals surface area contributed by atoms with Gasteiger partial charge in [-0.25, -0.2) is 0 Å². The lowest BCUT2D eigenvalue weighted by atomic mass is 9.98. The van der Waals surface area contributed by atoms with Crippen molar-refractivity contribution in [1.29, 1.82) is 0 Å². The molecule has 0 radical (unpaired) electrons. The van der Waals surface area contributed by atoms with Crippen LogP contribution in [-0.4, -0.2) is 31.3 Å². The Labute approximate surface area is 212 Å². The Morgan fingerprint density at radius 1 is 0.806 bits per heavy atom. The Morgan fingerprint density at radius 3 is 2.61 bits per heavy atom. The van der Waals surface area contributed by atoms with Crippen molar-refractivity contribution in [1.82, 2.24) is 25.1 Å². The molecule has 1 aromatic carbocycles. The van der Waals surface area contributed by atoms with Crippen LogP contribution in [0.3, 0.4) is 0 Å². The van der Waals surface area contributed by atoms with E-state index in [0.29, 0.717) is 6.10 Å². The number of nitrogens with zero attached hydrogens (tertiary/aromatic N) is 3. The summed E-state index contributed by atoms with van der Waals surface area (Å²) in [6.07, 6.45) is 13.9. The number of hydrogen-bond donors (Lipinski definition) is 2. The maximum absolute atomic E-state index is 6.27. The molecule has 36 heavy (non-hydrogen) atoms. The maximum Gasteiger partial charge on any atom is 0.138 e. The van der Waals surface area contributed by atoms with Crippen LogP contribution in [0.4, 0.5) is 0 Å². The van der Waals surface area contributed by atoms with E-state index in [1.165, 1.54) is 24.8 Å². The molecule has 0 spiro atoms. The summed E-state index contributed by atoms with van der Waals surface area (Å²) in [5, 5.41) is 14.3. The molecule has 5 aromatic heterocycles. The second kappa shape index (κ2) is 8.91. The van der Waals surface area contributed by atoms with Crippen LogP contribution in [0.5, 0.6) is 5.75 Å².